The van der Waals surface area contributed by atoms with E-state index in [1.54, 1.807) is 6.92 Å². The summed E-state index contributed by atoms with van der Waals surface area (Å²) in [7, 11) is 0. The third-order valence-corrected chi connectivity index (χ3v) is 7.02. The lowest BCUT2D eigenvalue weighted by Crippen LogP contribution is -2.41. The van der Waals surface area contributed by atoms with Gasteiger partial charge in [-0.2, -0.15) is 4.98 Å². The second kappa shape index (κ2) is 9.50. The number of halogens is 1. The molecule has 0 bridgehead atoms. The van der Waals surface area contributed by atoms with Crippen molar-refractivity contribution < 1.29 is 14.6 Å². The number of allylic oxidation sites excluding steroid dienone is 5. The van der Waals surface area contributed by atoms with Crippen LogP contribution in [0.15, 0.2) is 39.9 Å². The molecule has 2 aliphatic carbocycles. The highest BCUT2D eigenvalue weighted by Gasteiger charge is 2.37. The number of nitrogen functional groups attached to an aromatic ring is 1. The van der Waals surface area contributed by atoms with Gasteiger partial charge in [0.05, 0.1) is 5.71 Å². The topological polar surface area (TPSA) is 123 Å². The highest BCUT2D eigenvalue weighted by Crippen LogP contribution is 2.46. The molecule has 8 nitrogen and oxygen atoms in total. The number of carbonyl (C=O) groups is 1. The summed E-state index contributed by atoms with van der Waals surface area (Å²) in [5, 5.41) is 12.4. The third kappa shape index (κ3) is 5.18. The summed E-state index contributed by atoms with van der Waals surface area (Å²) in [5.74, 6) is 1.32. The number of amides is 1. The van der Waals surface area contributed by atoms with E-state index in [1.165, 1.54) is 0 Å². The Labute approximate surface area is 205 Å². The Kier molecular flexibility index (Phi) is 6.82. The number of anilines is 1. The highest BCUT2D eigenvalue weighted by molar-refractivity contribution is 6.32. The first-order valence-corrected chi connectivity index (χ1v) is 12.1. The Bertz CT molecular complexity index is 1100. The summed E-state index contributed by atoms with van der Waals surface area (Å²) < 4.78 is 6.18. The largest absolute Gasteiger partial charge is 0.463 e. The smallest absolute Gasteiger partial charge is 0.246 e. The van der Waals surface area contributed by atoms with Crippen molar-refractivity contribution in [2.45, 2.75) is 58.5 Å². The first-order chi connectivity index (χ1) is 16.1. The molecule has 4 rings (SSSR count). The van der Waals surface area contributed by atoms with Gasteiger partial charge in [-0.15, -0.1) is 0 Å². The maximum absolute atomic E-state index is 11.3. The first kappa shape index (κ1) is 24.4. The van der Waals surface area contributed by atoms with Crippen LogP contribution >= 0.6 is 11.6 Å². The summed E-state index contributed by atoms with van der Waals surface area (Å²) in [6.45, 7) is 5.81. The number of fused-ring (bicyclic) bond motifs is 1. The predicted octanol–water partition coefficient (Wildman–Crippen LogP) is 3.90. The zero-order valence-electron chi connectivity index (χ0n) is 19.9. The molecule has 1 spiro atoms. The minimum Gasteiger partial charge on any atom is -0.463 e. The van der Waals surface area contributed by atoms with Crippen molar-refractivity contribution >= 4 is 34.7 Å². The van der Waals surface area contributed by atoms with Crippen LogP contribution < -0.4 is 15.8 Å². The Morgan fingerprint density at radius 1 is 1.32 bits per heavy atom. The Morgan fingerprint density at radius 2 is 2.06 bits per heavy atom. The molecule has 0 unspecified atom stereocenters. The van der Waals surface area contributed by atoms with Gasteiger partial charge in [0.1, 0.15) is 18.0 Å². The lowest BCUT2D eigenvalue weighted by molar-refractivity contribution is -0.124. The fourth-order valence-electron chi connectivity index (χ4n) is 4.96. The molecule has 3 aliphatic rings. The van der Waals surface area contributed by atoms with Gasteiger partial charge in [0.15, 0.2) is 11.5 Å². The Hall–Kier alpha value is -2.71. The maximum atomic E-state index is 11.3. The van der Waals surface area contributed by atoms with Crippen LogP contribution in [0.25, 0.3) is 0 Å². The van der Waals surface area contributed by atoms with Crippen molar-refractivity contribution in [3.63, 3.8) is 0 Å². The van der Waals surface area contributed by atoms with E-state index < -0.39 is 12.2 Å². The second-order valence-electron chi connectivity index (χ2n) is 9.89. The van der Waals surface area contributed by atoms with Crippen LogP contribution in [0.4, 0.5) is 11.5 Å². The van der Waals surface area contributed by atoms with Gasteiger partial charge < -0.3 is 20.9 Å². The van der Waals surface area contributed by atoms with Gasteiger partial charge in [-0.25, -0.2) is 9.98 Å². The van der Waals surface area contributed by atoms with Crippen LogP contribution in [0.5, 0.6) is 5.88 Å². The molecule has 2 heterocycles. The van der Waals surface area contributed by atoms with Gasteiger partial charge in [0.25, 0.3) is 0 Å². The number of nitrogens with zero attached hydrogens (tertiary/aromatic N) is 3. The number of nitrogens with one attached hydrogen (secondary N) is 1. The fraction of sp³-hybridized carbons (Fsp3) is 0.520. The van der Waals surface area contributed by atoms with Crippen LogP contribution in [0, 0.1) is 18.3 Å². The molecule has 1 saturated carbocycles. The van der Waals surface area contributed by atoms with Gasteiger partial charge >= 0.3 is 0 Å². The van der Waals surface area contributed by atoms with Crippen molar-refractivity contribution in [1.82, 2.24) is 15.3 Å². The van der Waals surface area contributed by atoms with Crippen LogP contribution in [-0.2, 0) is 4.79 Å². The molecule has 0 saturated heterocycles. The summed E-state index contributed by atoms with van der Waals surface area (Å²) in [5.41, 5.74) is 7.42. The summed E-state index contributed by atoms with van der Waals surface area (Å²) >= 11 is 6.75. The monoisotopic (exact) mass is 485 g/mol. The number of aliphatic hydroxyl groups excluding tert-OH is 1. The highest BCUT2D eigenvalue weighted by atomic mass is 35.5. The first-order valence-electron chi connectivity index (χ1n) is 11.7. The molecule has 1 aliphatic heterocycles. The average Bonchev–Trinajstić information content (AvgIpc) is 2.75. The van der Waals surface area contributed by atoms with E-state index in [0.29, 0.717) is 40.7 Å². The zero-order valence-corrected chi connectivity index (χ0v) is 20.7. The number of hydrogen-bond donors (Lipinski definition) is 3. The lowest BCUT2D eigenvalue weighted by atomic mass is 9.68. The average molecular weight is 486 g/mol. The van der Waals surface area contributed by atoms with Gasteiger partial charge in [-0.3, -0.25) is 4.79 Å². The molecule has 182 valence electrons. The van der Waals surface area contributed by atoms with E-state index in [2.05, 4.69) is 33.5 Å². The van der Waals surface area contributed by atoms with Crippen molar-refractivity contribution in [3.8, 4) is 5.88 Å². The molecule has 4 N–H and O–H groups in total. The SMILES string of the molecule is Cc1nc(N)c2c(n1)OC(C)(C)C(C1=C/C(Cl)=C/C3(CC=C1)CCC(CNC(=O)CO)CC3)=N2. The minimum absolute atomic E-state index is 0.00408. The van der Waals surface area contributed by atoms with Gasteiger partial charge in [0, 0.05) is 17.2 Å². The molecule has 1 fully saturated rings. The summed E-state index contributed by atoms with van der Waals surface area (Å²) in [6.07, 6.45) is 13.2. The number of hydrogen-bond acceptors (Lipinski definition) is 7. The van der Waals surface area contributed by atoms with Crippen molar-refractivity contribution in [3.05, 3.63) is 40.7 Å². The van der Waals surface area contributed by atoms with Gasteiger partial charge in [-0.05, 0) is 70.3 Å². The maximum Gasteiger partial charge on any atom is 0.246 e. The zero-order chi connectivity index (χ0) is 24.5. The fourth-order valence-corrected chi connectivity index (χ4v) is 5.31. The number of aliphatic imine (C=N–C) groups is 1. The van der Waals surface area contributed by atoms with E-state index in [-0.39, 0.29) is 11.3 Å². The van der Waals surface area contributed by atoms with E-state index in [1.807, 2.05) is 19.9 Å². The molecule has 0 aromatic carbocycles. The van der Waals surface area contributed by atoms with E-state index >= 15 is 0 Å². The third-order valence-electron chi connectivity index (χ3n) is 6.80. The van der Waals surface area contributed by atoms with Crippen molar-refractivity contribution in [2.75, 3.05) is 18.9 Å². The van der Waals surface area contributed by atoms with Crippen LogP contribution in [0.3, 0.4) is 0 Å². The van der Waals surface area contributed by atoms with Crippen LogP contribution in [0.1, 0.15) is 51.8 Å². The number of rotatable bonds is 4. The van der Waals surface area contributed by atoms with E-state index in [4.69, 9.17) is 32.2 Å². The van der Waals surface area contributed by atoms with Crippen LogP contribution in [-0.4, -0.2) is 45.4 Å². The molecule has 0 radical (unpaired) electrons. The molecule has 34 heavy (non-hydrogen) atoms. The Morgan fingerprint density at radius 3 is 2.76 bits per heavy atom. The summed E-state index contributed by atoms with van der Waals surface area (Å²) in [4.78, 5) is 24.7. The quantitative estimate of drug-likeness (QED) is 0.594. The summed E-state index contributed by atoms with van der Waals surface area (Å²) in [6, 6.07) is 0. The molecule has 1 amide bonds. The van der Waals surface area contributed by atoms with E-state index in [0.717, 1.165) is 43.4 Å². The normalized spacial score (nSPS) is 27.3. The Balaban J connectivity index is 1.56. The number of ether oxygens (including phenoxy) is 1. The number of aryl methyl sites for hydroxylation is 1. The molecule has 0 atom stereocenters. The number of nitrogens with two attached hydrogens (primary N) is 1. The predicted molar refractivity (Wildman–Crippen MR) is 133 cm³/mol. The molecular formula is C25H32ClN5O3. The molecule has 1 aromatic heterocycles. The standard InChI is InChI=1S/C25H32ClN5O3/c1-15-29-22(27)20-23(30-15)34-24(2,3)21(31-20)17-5-4-8-25(12-18(26)11-17)9-6-16(7-10-25)13-28-19(33)14-32/h4-5,11-12,16,32H,6-10,13-14H2,1-3H3,(H,28,33)(H2,27,29,30)/b5-4?,17-11?,18-12-. The van der Waals surface area contributed by atoms with Crippen LogP contribution in [0.2, 0.25) is 0 Å². The van der Waals surface area contributed by atoms with Crippen molar-refractivity contribution in [1.29, 1.82) is 0 Å². The minimum atomic E-state index is -0.721. The molecule has 9 heteroatoms. The lowest BCUT2D eigenvalue weighted by Gasteiger charge is -2.38. The van der Waals surface area contributed by atoms with Gasteiger partial charge in [0.2, 0.25) is 11.8 Å². The second-order valence-corrected chi connectivity index (χ2v) is 10.3. The number of aliphatic hydroxyl groups is 1. The molecule has 1 aromatic rings. The number of carbonyl (C=O) groups excluding carboxylic acids is 1. The number of aromatic nitrogens is 2. The van der Waals surface area contributed by atoms with E-state index in [9.17, 15) is 4.79 Å². The van der Waals surface area contributed by atoms with Gasteiger partial charge in [-0.1, -0.05) is 29.8 Å². The van der Waals surface area contributed by atoms with Crippen molar-refractivity contribution in [2.24, 2.45) is 16.3 Å². The molecular weight excluding hydrogens is 454 g/mol.